The predicted octanol–water partition coefficient (Wildman–Crippen LogP) is 5.52. The van der Waals surface area contributed by atoms with Gasteiger partial charge >= 0.3 is 0 Å². The first-order valence-corrected chi connectivity index (χ1v) is 15.3. The second-order valence-corrected chi connectivity index (χ2v) is 11.8. The van der Waals surface area contributed by atoms with Gasteiger partial charge in [-0.2, -0.15) is 0 Å². The first-order chi connectivity index (χ1) is 18.0. The summed E-state index contributed by atoms with van der Waals surface area (Å²) in [5.74, 6) is 0.0200. The van der Waals surface area contributed by atoms with Gasteiger partial charge in [-0.25, -0.2) is 17.1 Å². The number of halogens is 2. The summed E-state index contributed by atoms with van der Waals surface area (Å²) in [6, 6.07) is 12.7. The zero-order valence-corrected chi connectivity index (χ0v) is 25.1. The summed E-state index contributed by atoms with van der Waals surface area (Å²) in [5.41, 5.74) is -0.103. The van der Waals surface area contributed by atoms with Crippen LogP contribution in [0, 0.1) is 0 Å². The first-order valence-electron chi connectivity index (χ1n) is 12.2. The Hall–Kier alpha value is -2.11. The fraction of sp³-hybridized carbons (Fsp3) is 0.444. The quantitative estimate of drug-likeness (QED) is 0.392. The van der Waals surface area contributed by atoms with Gasteiger partial charge in [-0.3, -0.25) is 4.79 Å². The van der Waals surface area contributed by atoms with E-state index in [1.807, 2.05) is 60.6 Å². The van der Waals surface area contributed by atoms with Crippen molar-refractivity contribution < 1.29 is 27.4 Å². The number of nitrogens with one attached hydrogen (secondary N) is 1. The van der Waals surface area contributed by atoms with Crippen molar-refractivity contribution in [2.24, 2.45) is 0 Å². The molecule has 3 rings (SSSR count). The molecule has 1 aliphatic rings. The molecule has 212 valence electrons. The maximum Gasteiger partial charge on any atom is 0.258 e. The lowest BCUT2D eigenvalue weighted by Crippen LogP contribution is -2.51. The molecule has 7 nitrogen and oxygen atoms in total. The molecule has 38 heavy (non-hydrogen) atoms. The summed E-state index contributed by atoms with van der Waals surface area (Å²) >= 11 is 7.76. The lowest BCUT2D eigenvalue weighted by atomic mass is 9.93. The number of aliphatic hydroxyl groups is 1. The third-order valence-electron chi connectivity index (χ3n) is 5.44. The molecule has 1 unspecified atom stereocenters. The average molecular weight is 589 g/mol. The highest BCUT2D eigenvalue weighted by Gasteiger charge is 2.42. The van der Waals surface area contributed by atoms with E-state index in [2.05, 4.69) is 5.32 Å². The molecule has 1 heterocycles. The monoisotopic (exact) mass is 588 g/mol. The van der Waals surface area contributed by atoms with Crippen molar-refractivity contribution in [1.29, 1.82) is 0 Å². The Morgan fingerprint density at radius 3 is 2.42 bits per heavy atom. The highest BCUT2D eigenvalue weighted by molar-refractivity contribution is 7.97. The minimum Gasteiger partial charge on any atom is -0.497 e. The number of methoxy groups -OCH3 is 1. The predicted molar refractivity (Wildman–Crippen MR) is 155 cm³/mol. The fourth-order valence-electron chi connectivity index (χ4n) is 3.54. The van der Waals surface area contributed by atoms with Gasteiger partial charge in [0, 0.05) is 60.7 Å². The number of hydrogen-bond donors (Lipinski definition) is 2. The largest absolute Gasteiger partial charge is 0.497 e. The number of aliphatic hydroxyl groups excluding tert-OH is 1. The van der Waals surface area contributed by atoms with Crippen molar-refractivity contribution >= 4 is 39.3 Å². The second kappa shape index (κ2) is 16.1. The average Bonchev–Trinajstić information content (AvgIpc) is 2.91. The van der Waals surface area contributed by atoms with Crippen molar-refractivity contribution in [2.45, 2.75) is 50.2 Å². The Labute approximate surface area is 235 Å². The van der Waals surface area contributed by atoms with Gasteiger partial charge in [0.25, 0.3) is 5.91 Å². The van der Waals surface area contributed by atoms with Crippen LogP contribution < -0.4 is 10.1 Å². The third-order valence-corrected chi connectivity index (χ3v) is 7.51. The molecule has 1 saturated heterocycles. The van der Waals surface area contributed by atoms with Crippen molar-refractivity contribution in [1.82, 2.24) is 9.62 Å². The van der Waals surface area contributed by atoms with E-state index in [-0.39, 0.29) is 12.8 Å². The summed E-state index contributed by atoms with van der Waals surface area (Å²) in [6.45, 7) is 6.36. The van der Waals surface area contributed by atoms with Crippen LogP contribution in [0.5, 0.6) is 5.75 Å². The molecular formula is C27H38ClFN2O5S2. The molecule has 1 atom stereocenters. The van der Waals surface area contributed by atoms with Crippen LogP contribution in [-0.2, 0) is 14.6 Å². The lowest BCUT2D eigenvalue weighted by molar-refractivity contribution is -0.135. The minimum absolute atomic E-state index is 0.0381. The molecule has 0 bridgehead atoms. The molecule has 2 aromatic rings. The number of carbonyl (C=O) groups is 1. The Morgan fingerprint density at radius 1 is 1.21 bits per heavy atom. The van der Waals surface area contributed by atoms with Crippen molar-refractivity contribution in [3.63, 3.8) is 0 Å². The molecule has 1 fully saturated rings. The molecule has 2 aromatic carbocycles. The van der Waals surface area contributed by atoms with E-state index >= 15 is 4.39 Å². The Morgan fingerprint density at radius 2 is 1.84 bits per heavy atom. The Bertz CT molecular complexity index is 1170. The molecule has 0 saturated carbocycles. The number of piperidine rings is 1. The number of hydrogen-bond acceptors (Lipinski definition) is 7. The number of sulfone groups is 1. The van der Waals surface area contributed by atoms with E-state index in [0.717, 1.165) is 40.5 Å². The Kier molecular flexibility index (Phi) is 14.4. The molecule has 2 N–H and O–H groups in total. The van der Waals surface area contributed by atoms with Gasteiger partial charge in [-0.15, -0.1) is 0 Å². The van der Waals surface area contributed by atoms with E-state index in [1.54, 1.807) is 14.0 Å². The number of rotatable bonds is 8. The maximum absolute atomic E-state index is 15.4. The van der Waals surface area contributed by atoms with E-state index < -0.39 is 27.5 Å². The van der Waals surface area contributed by atoms with Gasteiger partial charge in [0.2, 0.25) is 0 Å². The van der Waals surface area contributed by atoms with E-state index in [9.17, 15) is 13.2 Å². The van der Waals surface area contributed by atoms with Crippen LogP contribution in [0.4, 0.5) is 4.39 Å². The number of benzene rings is 2. The van der Waals surface area contributed by atoms with Crippen LogP contribution >= 0.6 is 23.5 Å². The zero-order chi connectivity index (χ0) is 28.9. The molecule has 0 spiro atoms. The summed E-state index contributed by atoms with van der Waals surface area (Å²) in [7, 11) is -0.699. The van der Waals surface area contributed by atoms with Gasteiger partial charge in [0.1, 0.15) is 5.75 Å². The summed E-state index contributed by atoms with van der Waals surface area (Å²) in [6.07, 6.45) is 2.47. The number of carbonyl (C=O) groups excluding carboxylic acids is 1. The molecule has 1 amide bonds. The second-order valence-electron chi connectivity index (χ2n) is 8.28. The van der Waals surface area contributed by atoms with Crippen molar-refractivity contribution in [2.75, 3.05) is 33.6 Å². The van der Waals surface area contributed by atoms with Crippen LogP contribution in [0.3, 0.4) is 0 Å². The van der Waals surface area contributed by atoms with E-state index in [1.165, 1.54) is 18.0 Å². The SMILES string of the molecule is CC.CO.COc1cccc(-c2cc(Cl)ccc2SN2CCC(F)(C(=O)NC(C)/C=C\S(C)(=O)=O)CC2)c1. The van der Waals surface area contributed by atoms with Gasteiger partial charge in [0.05, 0.1) is 7.11 Å². The summed E-state index contributed by atoms with van der Waals surface area (Å²) in [5, 5.41) is 11.2. The van der Waals surface area contributed by atoms with Gasteiger partial charge in [0.15, 0.2) is 15.5 Å². The number of alkyl halides is 1. The van der Waals surface area contributed by atoms with Crippen molar-refractivity contribution in [3.8, 4) is 16.9 Å². The highest BCUT2D eigenvalue weighted by atomic mass is 35.5. The molecular weight excluding hydrogens is 551 g/mol. The summed E-state index contributed by atoms with van der Waals surface area (Å²) < 4.78 is 45.2. The third kappa shape index (κ3) is 10.6. The van der Waals surface area contributed by atoms with Crippen molar-refractivity contribution in [3.05, 3.63) is 59.0 Å². The summed E-state index contributed by atoms with van der Waals surface area (Å²) in [4.78, 5) is 13.5. The molecule has 11 heteroatoms. The molecule has 0 aliphatic carbocycles. The van der Waals surface area contributed by atoms with Crippen LogP contribution in [0.15, 0.2) is 58.8 Å². The van der Waals surface area contributed by atoms with Crippen LogP contribution in [-0.4, -0.2) is 69.0 Å². The first kappa shape index (κ1) is 33.9. The fourth-order valence-corrected chi connectivity index (χ4v) is 5.28. The number of ether oxygens (including phenoxy) is 1. The maximum atomic E-state index is 15.4. The number of nitrogens with zero attached hydrogens (tertiary/aromatic N) is 1. The lowest BCUT2D eigenvalue weighted by Gasteiger charge is -2.35. The normalized spacial score (nSPS) is 15.9. The Balaban J connectivity index is 0.00000172. The smallest absolute Gasteiger partial charge is 0.258 e. The zero-order valence-electron chi connectivity index (χ0n) is 22.7. The van der Waals surface area contributed by atoms with E-state index in [0.29, 0.717) is 18.1 Å². The molecule has 1 aliphatic heterocycles. The van der Waals surface area contributed by atoms with Crippen LogP contribution in [0.1, 0.15) is 33.6 Å². The standard InChI is InChI=1S/C24H28ClFN2O4S2.C2H6.CH4O/c1-17(9-14-34(3,30)31)27-23(29)24(26)10-12-28(13-11-24)33-22-8-7-19(25)16-21(22)18-5-4-6-20(15-18)32-2;2*1-2/h4-9,14-17H,10-13H2,1-3H3,(H,27,29);1-2H3;2H,1H3/b14-9-;;. The van der Waals surface area contributed by atoms with Crippen LogP contribution in [0.2, 0.25) is 5.02 Å². The number of amides is 1. The van der Waals surface area contributed by atoms with Gasteiger partial charge < -0.3 is 15.2 Å². The van der Waals surface area contributed by atoms with E-state index in [4.69, 9.17) is 21.4 Å². The van der Waals surface area contributed by atoms with Crippen LogP contribution in [0.25, 0.3) is 11.1 Å². The van der Waals surface area contributed by atoms with Gasteiger partial charge in [-0.1, -0.05) is 43.7 Å². The topological polar surface area (TPSA) is 95.9 Å². The van der Waals surface area contributed by atoms with Gasteiger partial charge in [-0.05, 0) is 60.3 Å². The molecule has 0 radical (unpaired) electrons. The highest BCUT2D eigenvalue weighted by Crippen LogP contribution is 2.39. The molecule has 0 aromatic heterocycles. The minimum atomic E-state index is -3.31.